The first-order chi connectivity index (χ1) is 17.5. The van der Waals surface area contributed by atoms with E-state index in [4.69, 9.17) is 0 Å². The summed E-state index contributed by atoms with van der Waals surface area (Å²) in [5.41, 5.74) is 9.01. The van der Waals surface area contributed by atoms with E-state index in [2.05, 4.69) is 112 Å². The molecule has 2 aliphatic carbocycles. The summed E-state index contributed by atoms with van der Waals surface area (Å²) in [4.78, 5) is 5.24. The van der Waals surface area contributed by atoms with Crippen molar-refractivity contribution in [1.29, 1.82) is 0 Å². The van der Waals surface area contributed by atoms with Crippen molar-refractivity contribution >= 4 is 5.57 Å². The molecule has 37 heavy (non-hydrogen) atoms. The molecule has 0 bridgehead atoms. The first-order valence-corrected chi connectivity index (χ1v) is 14.0. The van der Waals surface area contributed by atoms with Gasteiger partial charge in [0.25, 0.3) is 0 Å². The number of phenolic OH excluding ortho intramolecular Hbond substituents is 1. The van der Waals surface area contributed by atoms with Crippen LogP contribution < -0.4 is 0 Å². The van der Waals surface area contributed by atoms with E-state index in [1.807, 2.05) is 0 Å². The van der Waals surface area contributed by atoms with Crippen molar-refractivity contribution in [2.75, 3.05) is 26.2 Å². The van der Waals surface area contributed by atoms with Crippen molar-refractivity contribution < 1.29 is 5.11 Å². The van der Waals surface area contributed by atoms with Crippen LogP contribution in [0.3, 0.4) is 0 Å². The Morgan fingerprint density at radius 2 is 1.51 bits per heavy atom. The van der Waals surface area contributed by atoms with E-state index >= 15 is 0 Å². The molecular weight excluding hydrogens is 452 g/mol. The molecule has 3 nitrogen and oxygen atoms in total. The van der Waals surface area contributed by atoms with Gasteiger partial charge in [-0.1, -0.05) is 102 Å². The molecule has 1 heterocycles. The lowest BCUT2D eigenvalue weighted by molar-refractivity contribution is 0.107. The Hall–Kier alpha value is -2.62. The molecule has 196 valence electrons. The summed E-state index contributed by atoms with van der Waals surface area (Å²) in [5, 5.41) is 11.1. The van der Waals surface area contributed by atoms with Gasteiger partial charge in [0.15, 0.2) is 0 Å². The standard InChI is InChI=1S/C34H44N2O/c1-33(2,3)29-21-24(22-30(32(29)37)34(4,5)6)23-35-17-19-36(20-18-35)31-16-15-25-11-7-8-12-26(25)27-13-9-10-14-28(27)31/h7,9-11,13-16,21-22,31,37H,8,12,17-20,23H2,1-6H3. The second kappa shape index (κ2) is 9.93. The summed E-state index contributed by atoms with van der Waals surface area (Å²) in [6.45, 7) is 18.3. The number of allylic oxidation sites excluding steroid dienone is 5. The minimum absolute atomic E-state index is 0.0968. The summed E-state index contributed by atoms with van der Waals surface area (Å²) in [7, 11) is 0. The number of hydrogen-bond acceptors (Lipinski definition) is 3. The van der Waals surface area contributed by atoms with E-state index in [0.717, 1.165) is 56.7 Å². The first-order valence-electron chi connectivity index (χ1n) is 14.0. The van der Waals surface area contributed by atoms with E-state index in [-0.39, 0.29) is 10.8 Å². The van der Waals surface area contributed by atoms with Crippen LogP contribution in [0.2, 0.25) is 0 Å². The second-order valence-corrected chi connectivity index (χ2v) is 13.1. The third kappa shape index (κ3) is 5.35. The molecule has 2 aromatic rings. The van der Waals surface area contributed by atoms with Crippen LogP contribution in [0.25, 0.3) is 5.57 Å². The highest BCUT2D eigenvalue weighted by Crippen LogP contribution is 2.41. The molecule has 3 aliphatic rings. The molecule has 1 N–H and O–H groups in total. The van der Waals surface area contributed by atoms with Crippen LogP contribution in [0.5, 0.6) is 5.75 Å². The largest absolute Gasteiger partial charge is 0.507 e. The van der Waals surface area contributed by atoms with E-state index in [9.17, 15) is 5.11 Å². The Labute approximate surface area is 224 Å². The quantitative estimate of drug-likeness (QED) is 0.476. The maximum Gasteiger partial charge on any atom is 0.123 e. The summed E-state index contributed by atoms with van der Waals surface area (Å²) < 4.78 is 0. The number of aromatic hydroxyl groups is 1. The third-order valence-electron chi connectivity index (χ3n) is 8.26. The number of piperazine rings is 1. The van der Waals surface area contributed by atoms with E-state index < -0.39 is 0 Å². The van der Waals surface area contributed by atoms with Gasteiger partial charge in [-0.15, -0.1) is 0 Å². The lowest BCUT2D eigenvalue weighted by atomic mass is 9.78. The van der Waals surface area contributed by atoms with Gasteiger partial charge < -0.3 is 5.11 Å². The number of fused-ring (bicyclic) bond motifs is 2. The summed E-state index contributed by atoms with van der Waals surface area (Å²) in [6, 6.07) is 13.9. The van der Waals surface area contributed by atoms with Crippen molar-refractivity contribution in [3.63, 3.8) is 0 Å². The number of nitrogens with zero attached hydrogens (tertiary/aromatic N) is 2. The molecule has 1 unspecified atom stereocenters. The van der Waals surface area contributed by atoms with Gasteiger partial charge in [-0.2, -0.15) is 0 Å². The molecule has 3 heteroatoms. The molecule has 0 radical (unpaired) electrons. The number of phenols is 1. The van der Waals surface area contributed by atoms with Gasteiger partial charge in [0.2, 0.25) is 0 Å². The molecular formula is C34H44N2O. The first kappa shape index (κ1) is 26.0. The number of hydrogen-bond donors (Lipinski definition) is 1. The second-order valence-electron chi connectivity index (χ2n) is 13.1. The fourth-order valence-electron chi connectivity index (χ4n) is 6.16. The average Bonchev–Trinajstić information content (AvgIpc) is 3.01. The third-order valence-corrected chi connectivity index (χ3v) is 8.26. The van der Waals surface area contributed by atoms with Crippen LogP contribution in [0.1, 0.15) is 88.2 Å². The van der Waals surface area contributed by atoms with Crippen LogP contribution in [0, 0.1) is 0 Å². The number of benzene rings is 2. The molecule has 0 spiro atoms. The van der Waals surface area contributed by atoms with Crippen molar-refractivity contribution in [1.82, 2.24) is 9.80 Å². The fraction of sp³-hybridized carbons (Fsp3) is 0.471. The van der Waals surface area contributed by atoms with Gasteiger partial charge in [0, 0.05) is 32.7 Å². The SMILES string of the molecule is CC(C)(C)c1cc(CN2CCN(C3C=CC4=C(CCC=C4)c4ccccc43)CC2)cc(C(C)(C)C)c1O. The minimum Gasteiger partial charge on any atom is -0.507 e. The minimum atomic E-state index is -0.0968. The summed E-state index contributed by atoms with van der Waals surface area (Å²) in [6.07, 6.45) is 11.7. The highest BCUT2D eigenvalue weighted by molar-refractivity contribution is 5.78. The molecule has 0 amide bonds. The van der Waals surface area contributed by atoms with Gasteiger partial charge >= 0.3 is 0 Å². The molecule has 2 aromatic carbocycles. The predicted octanol–water partition coefficient (Wildman–Crippen LogP) is 7.52. The van der Waals surface area contributed by atoms with E-state index in [1.165, 1.54) is 27.8 Å². The Morgan fingerprint density at radius 3 is 2.16 bits per heavy atom. The Bertz CT molecular complexity index is 1210. The Kier molecular flexibility index (Phi) is 6.98. The Morgan fingerprint density at radius 1 is 0.865 bits per heavy atom. The monoisotopic (exact) mass is 496 g/mol. The zero-order valence-corrected chi connectivity index (χ0v) is 23.6. The lowest BCUT2D eigenvalue weighted by Crippen LogP contribution is -2.47. The van der Waals surface area contributed by atoms with E-state index in [0.29, 0.717) is 11.8 Å². The average molecular weight is 497 g/mol. The maximum absolute atomic E-state index is 11.1. The number of rotatable bonds is 3. The molecule has 1 saturated heterocycles. The molecule has 1 atom stereocenters. The van der Waals surface area contributed by atoms with Crippen molar-refractivity contribution in [3.8, 4) is 5.75 Å². The van der Waals surface area contributed by atoms with Crippen molar-refractivity contribution in [2.24, 2.45) is 0 Å². The van der Waals surface area contributed by atoms with Crippen LogP contribution in [-0.4, -0.2) is 41.1 Å². The van der Waals surface area contributed by atoms with Crippen LogP contribution in [0.15, 0.2) is 66.3 Å². The van der Waals surface area contributed by atoms with Crippen LogP contribution in [0.4, 0.5) is 0 Å². The smallest absolute Gasteiger partial charge is 0.123 e. The van der Waals surface area contributed by atoms with Gasteiger partial charge in [-0.3, -0.25) is 9.80 Å². The topological polar surface area (TPSA) is 26.7 Å². The van der Waals surface area contributed by atoms with E-state index in [1.54, 1.807) is 0 Å². The maximum atomic E-state index is 11.1. The van der Waals surface area contributed by atoms with Crippen molar-refractivity contribution in [2.45, 2.75) is 77.8 Å². The summed E-state index contributed by atoms with van der Waals surface area (Å²) in [5.74, 6) is 0.471. The summed E-state index contributed by atoms with van der Waals surface area (Å²) >= 11 is 0. The fourth-order valence-corrected chi connectivity index (χ4v) is 6.16. The molecule has 0 saturated carbocycles. The van der Waals surface area contributed by atoms with Gasteiger partial charge in [0.1, 0.15) is 5.75 Å². The normalized spacial score (nSPS) is 21.1. The zero-order chi connectivity index (χ0) is 26.4. The highest BCUT2D eigenvalue weighted by Gasteiger charge is 2.30. The molecule has 5 rings (SSSR count). The van der Waals surface area contributed by atoms with Gasteiger partial charge in [-0.05, 0) is 62.6 Å². The zero-order valence-electron chi connectivity index (χ0n) is 23.6. The van der Waals surface area contributed by atoms with Crippen LogP contribution in [-0.2, 0) is 17.4 Å². The van der Waals surface area contributed by atoms with Crippen LogP contribution >= 0.6 is 0 Å². The van der Waals surface area contributed by atoms with Crippen molar-refractivity contribution in [3.05, 3.63) is 94.1 Å². The Balaban J connectivity index is 1.34. The molecule has 1 aliphatic heterocycles. The molecule has 0 aromatic heterocycles. The molecule has 1 fully saturated rings. The van der Waals surface area contributed by atoms with Gasteiger partial charge in [-0.25, -0.2) is 0 Å². The predicted molar refractivity (Wildman–Crippen MR) is 156 cm³/mol. The highest BCUT2D eigenvalue weighted by atomic mass is 16.3. The van der Waals surface area contributed by atoms with Gasteiger partial charge in [0.05, 0.1) is 6.04 Å². The lowest BCUT2D eigenvalue weighted by Gasteiger charge is -2.39.